The van der Waals surface area contributed by atoms with Gasteiger partial charge >= 0.3 is 0 Å². The fourth-order valence-corrected chi connectivity index (χ4v) is 2.81. The predicted octanol–water partition coefficient (Wildman–Crippen LogP) is 1.83. The molecule has 1 aromatic heterocycles. The number of nitrogens with zero attached hydrogens (tertiary/aromatic N) is 2. The number of halogens is 1. The molecule has 0 radical (unpaired) electrons. The predicted molar refractivity (Wildman–Crippen MR) is 86.1 cm³/mol. The lowest BCUT2D eigenvalue weighted by Gasteiger charge is -2.23. The molecule has 7 heteroatoms. The summed E-state index contributed by atoms with van der Waals surface area (Å²) >= 11 is 1.38. The molecular formula is C15H19FN4OS. The first-order chi connectivity index (χ1) is 10.5. The lowest BCUT2D eigenvalue weighted by Crippen LogP contribution is -2.38. The maximum Gasteiger partial charge on any atom is 0.241 e. The molecule has 118 valence electrons. The molecule has 1 heterocycles. The van der Waals surface area contributed by atoms with Gasteiger partial charge in [-0.05, 0) is 31.8 Å². The van der Waals surface area contributed by atoms with Crippen molar-refractivity contribution < 1.29 is 9.18 Å². The summed E-state index contributed by atoms with van der Waals surface area (Å²) in [6, 6.07) is 5.56. The SMILES string of the molecule is CN(C)[C@H](C(=O)NCCc1csc(N)n1)c1cccc(F)c1. The van der Waals surface area contributed by atoms with E-state index in [1.807, 2.05) is 5.38 Å². The van der Waals surface area contributed by atoms with E-state index in [9.17, 15) is 9.18 Å². The number of amides is 1. The molecule has 2 rings (SSSR count). The zero-order valence-corrected chi connectivity index (χ0v) is 13.4. The molecular weight excluding hydrogens is 303 g/mol. The Bertz CT molecular complexity index is 644. The fourth-order valence-electron chi connectivity index (χ4n) is 2.21. The Balaban J connectivity index is 1.98. The van der Waals surface area contributed by atoms with Gasteiger partial charge in [-0.1, -0.05) is 12.1 Å². The summed E-state index contributed by atoms with van der Waals surface area (Å²) in [5.41, 5.74) is 7.05. The number of carbonyl (C=O) groups is 1. The lowest BCUT2D eigenvalue weighted by atomic mass is 10.1. The molecule has 1 atom stereocenters. The molecule has 0 aliphatic rings. The van der Waals surface area contributed by atoms with Gasteiger partial charge in [0, 0.05) is 18.3 Å². The summed E-state index contributed by atoms with van der Waals surface area (Å²) in [6.45, 7) is 0.460. The monoisotopic (exact) mass is 322 g/mol. The van der Waals surface area contributed by atoms with Gasteiger partial charge in [-0.3, -0.25) is 9.69 Å². The minimum Gasteiger partial charge on any atom is -0.375 e. The van der Waals surface area contributed by atoms with E-state index in [0.717, 1.165) is 5.69 Å². The first kappa shape index (κ1) is 16.4. The molecule has 0 bridgehead atoms. The van der Waals surface area contributed by atoms with E-state index in [-0.39, 0.29) is 11.7 Å². The third kappa shape index (κ3) is 4.25. The van der Waals surface area contributed by atoms with E-state index in [1.165, 1.54) is 23.5 Å². The average Bonchev–Trinajstić information content (AvgIpc) is 2.84. The van der Waals surface area contributed by atoms with Crippen LogP contribution in [0.5, 0.6) is 0 Å². The second kappa shape index (κ2) is 7.33. The van der Waals surface area contributed by atoms with Gasteiger partial charge in [0.2, 0.25) is 5.91 Å². The van der Waals surface area contributed by atoms with Crippen molar-refractivity contribution in [2.75, 3.05) is 26.4 Å². The Labute approximate surface area is 133 Å². The second-order valence-electron chi connectivity index (χ2n) is 5.14. The highest BCUT2D eigenvalue weighted by molar-refractivity contribution is 7.13. The topological polar surface area (TPSA) is 71.2 Å². The maximum atomic E-state index is 13.4. The largest absolute Gasteiger partial charge is 0.375 e. The Hall–Kier alpha value is -1.99. The van der Waals surface area contributed by atoms with Crippen LogP contribution in [-0.4, -0.2) is 36.4 Å². The smallest absolute Gasteiger partial charge is 0.241 e. The number of rotatable bonds is 6. The molecule has 5 nitrogen and oxygen atoms in total. The van der Waals surface area contributed by atoms with Crippen LogP contribution in [0.2, 0.25) is 0 Å². The lowest BCUT2D eigenvalue weighted by molar-refractivity contribution is -0.125. The zero-order valence-electron chi connectivity index (χ0n) is 12.5. The Morgan fingerprint density at radius 3 is 2.86 bits per heavy atom. The number of nitrogen functional groups attached to an aromatic ring is 1. The molecule has 2 aromatic rings. The van der Waals surface area contributed by atoms with Crippen LogP contribution in [0.25, 0.3) is 0 Å². The van der Waals surface area contributed by atoms with Crippen molar-refractivity contribution in [1.82, 2.24) is 15.2 Å². The van der Waals surface area contributed by atoms with Crippen molar-refractivity contribution in [3.05, 3.63) is 46.7 Å². The quantitative estimate of drug-likeness (QED) is 0.851. The van der Waals surface area contributed by atoms with Crippen molar-refractivity contribution in [3.8, 4) is 0 Å². The number of aromatic nitrogens is 1. The number of likely N-dealkylation sites (N-methyl/N-ethyl adjacent to an activating group) is 1. The van der Waals surface area contributed by atoms with Gasteiger partial charge in [0.1, 0.15) is 11.9 Å². The minimum atomic E-state index is -0.531. The van der Waals surface area contributed by atoms with Crippen LogP contribution in [0, 0.1) is 5.82 Å². The van der Waals surface area contributed by atoms with Gasteiger partial charge in [0.25, 0.3) is 0 Å². The van der Waals surface area contributed by atoms with Crippen molar-refractivity contribution in [1.29, 1.82) is 0 Å². The van der Waals surface area contributed by atoms with Crippen LogP contribution in [0.1, 0.15) is 17.3 Å². The number of carbonyl (C=O) groups excluding carboxylic acids is 1. The molecule has 1 amide bonds. The van der Waals surface area contributed by atoms with Crippen LogP contribution >= 0.6 is 11.3 Å². The van der Waals surface area contributed by atoms with Crippen molar-refractivity contribution in [3.63, 3.8) is 0 Å². The van der Waals surface area contributed by atoms with Gasteiger partial charge < -0.3 is 11.1 Å². The van der Waals surface area contributed by atoms with E-state index in [2.05, 4.69) is 10.3 Å². The molecule has 0 aliphatic heterocycles. The minimum absolute atomic E-state index is 0.168. The summed E-state index contributed by atoms with van der Waals surface area (Å²) in [5.74, 6) is -0.520. The summed E-state index contributed by atoms with van der Waals surface area (Å²) in [7, 11) is 3.58. The van der Waals surface area contributed by atoms with Gasteiger partial charge in [0.15, 0.2) is 5.13 Å². The number of nitrogens with one attached hydrogen (secondary N) is 1. The van der Waals surface area contributed by atoms with E-state index in [4.69, 9.17) is 5.73 Å². The Morgan fingerprint density at radius 2 is 2.27 bits per heavy atom. The number of nitrogens with two attached hydrogens (primary N) is 1. The number of benzene rings is 1. The molecule has 0 saturated heterocycles. The molecule has 1 aromatic carbocycles. The number of hydrogen-bond acceptors (Lipinski definition) is 5. The number of anilines is 1. The third-order valence-electron chi connectivity index (χ3n) is 3.18. The molecule has 3 N–H and O–H groups in total. The average molecular weight is 322 g/mol. The first-order valence-corrected chi connectivity index (χ1v) is 7.75. The molecule has 22 heavy (non-hydrogen) atoms. The molecule has 0 fully saturated rings. The van der Waals surface area contributed by atoms with E-state index in [1.54, 1.807) is 31.1 Å². The van der Waals surface area contributed by atoms with Crippen LogP contribution in [-0.2, 0) is 11.2 Å². The summed E-state index contributed by atoms with van der Waals surface area (Å²) in [6.07, 6.45) is 0.614. The molecule has 0 saturated carbocycles. The standard InChI is InChI=1S/C15H19FN4OS/c1-20(2)13(10-4-3-5-11(16)8-10)14(21)18-7-6-12-9-22-15(17)19-12/h3-5,8-9,13H,6-7H2,1-2H3,(H2,17,19)(H,18,21)/t13-/m0/s1. The number of hydrogen-bond donors (Lipinski definition) is 2. The van der Waals surface area contributed by atoms with Gasteiger partial charge in [-0.25, -0.2) is 9.37 Å². The highest BCUT2D eigenvalue weighted by atomic mass is 32.1. The van der Waals surface area contributed by atoms with Gasteiger partial charge in [-0.2, -0.15) is 0 Å². The van der Waals surface area contributed by atoms with Crippen LogP contribution in [0.3, 0.4) is 0 Å². The van der Waals surface area contributed by atoms with Gasteiger partial charge in [0.05, 0.1) is 5.69 Å². The summed E-state index contributed by atoms with van der Waals surface area (Å²) in [5, 5.41) is 5.25. The van der Waals surface area contributed by atoms with Crippen molar-refractivity contribution >= 4 is 22.4 Å². The van der Waals surface area contributed by atoms with Crippen LogP contribution in [0.4, 0.5) is 9.52 Å². The van der Waals surface area contributed by atoms with Crippen molar-refractivity contribution in [2.24, 2.45) is 0 Å². The number of thiazole rings is 1. The normalized spacial score (nSPS) is 12.4. The van der Waals surface area contributed by atoms with E-state index in [0.29, 0.717) is 23.7 Å². The highest BCUT2D eigenvalue weighted by Gasteiger charge is 2.22. The molecule has 0 spiro atoms. The first-order valence-electron chi connectivity index (χ1n) is 6.87. The third-order valence-corrected chi connectivity index (χ3v) is 3.90. The van der Waals surface area contributed by atoms with E-state index >= 15 is 0 Å². The second-order valence-corrected chi connectivity index (χ2v) is 6.03. The van der Waals surface area contributed by atoms with Crippen molar-refractivity contribution in [2.45, 2.75) is 12.5 Å². The summed E-state index contributed by atoms with van der Waals surface area (Å²) in [4.78, 5) is 18.3. The van der Waals surface area contributed by atoms with E-state index < -0.39 is 6.04 Å². The molecule has 0 aliphatic carbocycles. The highest BCUT2D eigenvalue weighted by Crippen LogP contribution is 2.19. The molecule has 0 unspecified atom stereocenters. The summed E-state index contributed by atoms with van der Waals surface area (Å²) < 4.78 is 13.4. The van der Waals surface area contributed by atoms with Crippen LogP contribution < -0.4 is 11.1 Å². The Morgan fingerprint density at radius 1 is 1.50 bits per heavy atom. The zero-order chi connectivity index (χ0) is 16.1. The maximum absolute atomic E-state index is 13.4. The van der Waals surface area contributed by atoms with Gasteiger partial charge in [-0.15, -0.1) is 11.3 Å². The Kier molecular flexibility index (Phi) is 5.46. The van der Waals surface area contributed by atoms with Crippen LogP contribution in [0.15, 0.2) is 29.6 Å². The fraction of sp³-hybridized carbons (Fsp3) is 0.333.